The Morgan fingerprint density at radius 2 is 1.71 bits per heavy atom. The van der Waals surface area contributed by atoms with Gasteiger partial charge in [-0.2, -0.15) is 0 Å². The van der Waals surface area contributed by atoms with Gasteiger partial charge < -0.3 is 9.64 Å². The van der Waals surface area contributed by atoms with Crippen molar-refractivity contribution in [1.29, 1.82) is 0 Å². The first kappa shape index (κ1) is 21.5. The Balaban J connectivity index is 1.30. The Hall–Kier alpha value is -4.03. The maximum Gasteiger partial charge on any atom is 0.339 e. The molecule has 35 heavy (non-hydrogen) atoms. The zero-order valence-corrected chi connectivity index (χ0v) is 19.8. The number of ether oxygens (including phenoxy) is 1. The van der Waals surface area contributed by atoms with Gasteiger partial charge in [0, 0.05) is 23.2 Å². The van der Waals surface area contributed by atoms with E-state index in [1.165, 1.54) is 0 Å². The predicted molar refractivity (Wildman–Crippen MR) is 140 cm³/mol. The molecule has 0 fully saturated rings. The van der Waals surface area contributed by atoms with Crippen LogP contribution < -0.4 is 4.90 Å². The summed E-state index contributed by atoms with van der Waals surface area (Å²) >= 11 is 1.59. The summed E-state index contributed by atoms with van der Waals surface area (Å²) in [6.07, 6.45) is 1.84. The van der Waals surface area contributed by atoms with Gasteiger partial charge in [-0.25, -0.2) is 9.78 Å². The highest BCUT2D eigenvalue weighted by Crippen LogP contribution is 2.36. The van der Waals surface area contributed by atoms with E-state index in [0.717, 1.165) is 55.7 Å². The molecule has 0 aliphatic carbocycles. The Morgan fingerprint density at radius 1 is 0.914 bits per heavy atom. The second-order valence-corrected chi connectivity index (χ2v) is 9.58. The van der Waals surface area contributed by atoms with E-state index in [0.29, 0.717) is 12.1 Å². The normalized spacial score (nSPS) is 13.1. The molecular weight excluding hydrogens is 456 g/mol. The van der Waals surface area contributed by atoms with Crippen LogP contribution in [-0.4, -0.2) is 30.0 Å². The number of aryl methyl sites for hydroxylation is 1. The van der Waals surface area contributed by atoms with E-state index in [2.05, 4.69) is 0 Å². The summed E-state index contributed by atoms with van der Waals surface area (Å²) in [7, 11) is 0. The molecule has 6 rings (SSSR count). The van der Waals surface area contributed by atoms with E-state index in [1.54, 1.807) is 22.3 Å². The van der Waals surface area contributed by atoms with Crippen LogP contribution in [0.2, 0.25) is 0 Å². The van der Waals surface area contributed by atoms with Gasteiger partial charge in [0.25, 0.3) is 5.91 Å². The van der Waals surface area contributed by atoms with Crippen LogP contribution in [0.5, 0.6) is 0 Å². The van der Waals surface area contributed by atoms with Crippen LogP contribution in [0.3, 0.4) is 0 Å². The molecule has 1 amide bonds. The number of aromatic nitrogens is 1. The highest BCUT2D eigenvalue weighted by atomic mass is 32.1. The van der Waals surface area contributed by atoms with Gasteiger partial charge >= 0.3 is 5.97 Å². The molecule has 0 saturated carbocycles. The number of rotatable bonds is 4. The summed E-state index contributed by atoms with van der Waals surface area (Å²) < 4.78 is 6.66. The van der Waals surface area contributed by atoms with E-state index in [-0.39, 0.29) is 12.5 Å². The molecule has 1 aromatic heterocycles. The molecular formula is C29H22N2O3S. The van der Waals surface area contributed by atoms with Crippen molar-refractivity contribution in [2.75, 3.05) is 18.1 Å². The number of amides is 1. The second-order valence-electron chi connectivity index (χ2n) is 8.55. The summed E-state index contributed by atoms with van der Waals surface area (Å²) in [4.78, 5) is 32.7. The van der Waals surface area contributed by atoms with Crippen molar-refractivity contribution < 1.29 is 14.3 Å². The van der Waals surface area contributed by atoms with E-state index in [1.807, 2.05) is 78.9 Å². The van der Waals surface area contributed by atoms with Gasteiger partial charge in [0.05, 0.1) is 15.8 Å². The number of carbonyl (C=O) groups excluding carboxylic acids is 2. The molecule has 4 aromatic carbocycles. The van der Waals surface area contributed by atoms with Crippen molar-refractivity contribution in [3.8, 4) is 10.6 Å². The molecule has 0 unspecified atom stereocenters. The van der Waals surface area contributed by atoms with Gasteiger partial charge in [0.1, 0.15) is 5.01 Å². The first-order chi connectivity index (χ1) is 17.2. The first-order valence-electron chi connectivity index (χ1n) is 11.6. The van der Waals surface area contributed by atoms with Gasteiger partial charge in [-0.1, -0.05) is 60.7 Å². The van der Waals surface area contributed by atoms with Crippen LogP contribution in [0, 0.1) is 0 Å². The SMILES string of the molecule is O=C(OCC(=O)N1CCCc2ccccc21)c1cccc2cccc(-c3nc4ccccc4s3)c12. The summed E-state index contributed by atoms with van der Waals surface area (Å²) in [6.45, 7) is 0.330. The van der Waals surface area contributed by atoms with E-state index >= 15 is 0 Å². The molecule has 2 heterocycles. The maximum absolute atomic E-state index is 13.2. The lowest BCUT2D eigenvalue weighted by molar-refractivity contribution is -0.121. The predicted octanol–water partition coefficient (Wildman–Crippen LogP) is 6.25. The minimum Gasteiger partial charge on any atom is -0.452 e. The third-order valence-electron chi connectivity index (χ3n) is 6.39. The molecule has 0 N–H and O–H groups in total. The second kappa shape index (κ2) is 8.96. The summed E-state index contributed by atoms with van der Waals surface area (Å²) in [5, 5.41) is 2.56. The fourth-order valence-electron chi connectivity index (χ4n) is 4.75. The third-order valence-corrected chi connectivity index (χ3v) is 7.46. The lowest BCUT2D eigenvalue weighted by atomic mass is 9.99. The monoisotopic (exact) mass is 478 g/mol. The topological polar surface area (TPSA) is 59.5 Å². The van der Waals surface area contributed by atoms with Gasteiger partial charge in [-0.3, -0.25) is 4.79 Å². The molecule has 0 spiro atoms. The fourth-order valence-corrected chi connectivity index (χ4v) is 5.75. The van der Waals surface area contributed by atoms with Gasteiger partial charge in [0.15, 0.2) is 6.61 Å². The van der Waals surface area contributed by atoms with E-state index in [4.69, 9.17) is 9.72 Å². The van der Waals surface area contributed by atoms with Crippen molar-refractivity contribution >= 4 is 49.9 Å². The number of carbonyl (C=O) groups is 2. The summed E-state index contributed by atoms with van der Waals surface area (Å²) in [6, 6.07) is 27.4. The molecule has 0 bridgehead atoms. The van der Waals surface area contributed by atoms with Crippen LogP contribution in [0.15, 0.2) is 84.9 Å². The van der Waals surface area contributed by atoms with Crippen molar-refractivity contribution in [3.05, 3.63) is 96.1 Å². The van der Waals surface area contributed by atoms with Crippen molar-refractivity contribution in [2.24, 2.45) is 0 Å². The van der Waals surface area contributed by atoms with Gasteiger partial charge in [-0.15, -0.1) is 11.3 Å². The van der Waals surface area contributed by atoms with Crippen LogP contribution in [-0.2, 0) is 16.0 Å². The first-order valence-corrected chi connectivity index (χ1v) is 12.4. The van der Waals surface area contributed by atoms with Crippen molar-refractivity contribution in [1.82, 2.24) is 4.98 Å². The Kier molecular flexibility index (Phi) is 5.51. The molecule has 172 valence electrons. The van der Waals surface area contributed by atoms with Gasteiger partial charge in [0.2, 0.25) is 0 Å². The average Bonchev–Trinajstić information content (AvgIpc) is 3.35. The third kappa shape index (κ3) is 3.96. The number of esters is 1. The quantitative estimate of drug-likeness (QED) is 0.286. The molecule has 0 radical (unpaired) electrons. The van der Waals surface area contributed by atoms with E-state index in [9.17, 15) is 9.59 Å². The number of thiazole rings is 1. The van der Waals surface area contributed by atoms with Crippen LogP contribution in [0.25, 0.3) is 31.6 Å². The maximum atomic E-state index is 13.2. The smallest absolute Gasteiger partial charge is 0.339 e. The van der Waals surface area contributed by atoms with Crippen molar-refractivity contribution in [2.45, 2.75) is 12.8 Å². The molecule has 1 aliphatic rings. The number of hydrogen-bond acceptors (Lipinski definition) is 5. The number of anilines is 1. The lowest BCUT2D eigenvalue weighted by Gasteiger charge is -2.29. The minimum absolute atomic E-state index is 0.211. The number of nitrogens with zero attached hydrogens (tertiary/aromatic N) is 2. The van der Waals surface area contributed by atoms with Crippen molar-refractivity contribution in [3.63, 3.8) is 0 Å². The van der Waals surface area contributed by atoms with Crippen LogP contribution in [0.1, 0.15) is 22.3 Å². The van der Waals surface area contributed by atoms with Crippen LogP contribution in [0.4, 0.5) is 5.69 Å². The molecule has 1 aliphatic heterocycles. The number of fused-ring (bicyclic) bond motifs is 3. The number of benzene rings is 4. The highest BCUT2D eigenvalue weighted by molar-refractivity contribution is 7.21. The molecule has 5 aromatic rings. The van der Waals surface area contributed by atoms with E-state index < -0.39 is 5.97 Å². The summed E-state index contributed by atoms with van der Waals surface area (Å²) in [5.74, 6) is -0.722. The average molecular weight is 479 g/mol. The van der Waals surface area contributed by atoms with Crippen LogP contribution >= 0.6 is 11.3 Å². The molecule has 0 atom stereocenters. The largest absolute Gasteiger partial charge is 0.452 e. The zero-order valence-electron chi connectivity index (χ0n) is 18.9. The Labute approximate surface area is 206 Å². The highest BCUT2D eigenvalue weighted by Gasteiger charge is 2.24. The summed E-state index contributed by atoms with van der Waals surface area (Å²) in [5.41, 5.74) is 4.30. The Morgan fingerprint density at radius 3 is 2.60 bits per heavy atom. The minimum atomic E-state index is -0.511. The zero-order chi connectivity index (χ0) is 23.8. The van der Waals surface area contributed by atoms with Gasteiger partial charge in [-0.05, 0) is 48.1 Å². The molecule has 5 nitrogen and oxygen atoms in total. The lowest BCUT2D eigenvalue weighted by Crippen LogP contribution is -2.38. The number of hydrogen-bond donors (Lipinski definition) is 0. The Bertz CT molecular complexity index is 1550. The standard InChI is InChI=1S/C29H22N2O3S/c32-26(31-17-7-11-19-8-1-3-15-24(19)31)18-34-29(33)22-13-6-10-20-9-5-12-21(27(20)22)28-30-23-14-2-4-16-25(23)35-28/h1-6,8-10,12-16H,7,11,17-18H2. The number of para-hydroxylation sites is 2. The fraction of sp³-hybridized carbons (Fsp3) is 0.138. The molecule has 6 heteroatoms. The molecule has 0 saturated heterocycles.